The second-order valence-electron chi connectivity index (χ2n) is 5.97. The number of aromatic hydroxyl groups is 1. The summed E-state index contributed by atoms with van der Waals surface area (Å²) in [6.45, 7) is 7.43. The Balaban J connectivity index is 1.84. The van der Waals surface area contributed by atoms with Crippen LogP contribution in [0.2, 0.25) is 0 Å². The van der Waals surface area contributed by atoms with Gasteiger partial charge in [0.15, 0.2) is 0 Å². The molecule has 112 valence electrons. The Morgan fingerprint density at radius 2 is 1.43 bits per heavy atom. The maximum absolute atomic E-state index is 9.34. The van der Waals surface area contributed by atoms with Crippen LogP contribution < -0.4 is 9.47 Å². The molecular formula is C18H22O3. The Kier molecular flexibility index (Phi) is 4.73. The van der Waals surface area contributed by atoms with Crippen LogP contribution in [0.3, 0.4) is 0 Å². The van der Waals surface area contributed by atoms with Crippen molar-refractivity contribution in [2.75, 3.05) is 13.2 Å². The van der Waals surface area contributed by atoms with Crippen molar-refractivity contribution in [3.63, 3.8) is 0 Å². The lowest BCUT2D eigenvalue weighted by Gasteiger charge is -2.19. The van der Waals surface area contributed by atoms with Crippen LogP contribution in [0.4, 0.5) is 0 Å². The van der Waals surface area contributed by atoms with Crippen LogP contribution in [0.25, 0.3) is 0 Å². The van der Waals surface area contributed by atoms with Crippen molar-refractivity contribution in [2.24, 2.45) is 0 Å². The molecule has 0 atom stereocenters. The summed E-state index contributed by atoms with van der Waals surface area (Å²) in [5.74, 6) is 1.69. The molecule has 0 heterocycles. The number of ether oxygens (including phenoxy) is 2. The van der Waals surface area contributed by atoms with Gasteiger partial charge in [-0.3, -0.25) is 0 Å². The Labute approximate surface area is 126 Å². The normalized spacial score (nSPS) is 11.2. The second kappa shape index (κ2) is 6.53. The van der Waals surface area contributed by atoms with Gasteiger partial charge >= 0.3 is 0 Å². The quantitative estimate of drug-likeness (QED) is 0.839. The molecule has 0 aliphatic rings. The van der Waals surface area contributed by atoms with Gasteiger partial charge in [-0.1, -0.05) is 39.0 Å². The molecule has 0 radical (unpaired) electrons. The molecule has 0 saturated carbocycles. The summed E-state index contributed by atoms with van der Waals surface area (Å²) < 4.78 is 11.2. The molecule has 0 saturated heterocycles. The molecule has 21 heavy (non-hydrogen) atoms. The molecule has 3 nitrogen and oxygen atoms in total. The molecule has 0 aliphatic carbocycles. The smallest absolute Gasteiger partial charge is 0.123 e. The first kappa shape index (κ1) is 15.2. The standard InChI is InChI=1S/C18H22O3/c1-18(2,3)14-6-4-8-16(12-14)20-10-11-21-17-9-5-7-15(19)13-17/h4-9,12-13,19H,10-11H2,1-3H3. The monoisotopic (exact) mass is 286 g/mol. The topological polar surface area (TPSA) is 38.7 Å². The van der Waals surface area contributed by atoms with Crippen LogP contribution >= 0.6 is 0 Å². The van der Waals surface area contributed by atoms with E-state index in [9.17, 15) is 5.11 Å². The Morgan fingerprint density at radius 1 is 0.857 bits per heavy atom. The van der Waals surface area contributed by atoms with Gasteiger partial charge in [-0.15, -0.1) is 0 Å². The van der Waals surface area contributed by atoms with Gasteiger partial charge in [0, 0.05) is 6.07 Å². The van der Waals surface area contributed by atoms with Crippen LogP contribution in [0.1, 0.15) is 26.3 Å². The summed E-state index contributed by atoms with van der Waals surface area (Å²) in [5, 5.41) is 9.34. The SMILES string of the molecule is CC(C)(C)c1cccc(OCCOc2cccc(O)c2)c1. The van der Waals surface area contributed by atoms with Crippen molar-refractivity contribution in [1.82, 2.24) is 0 Å². The molecule has 0 bridgehead atoms. The Morgan fingerprint density at radius 3 is 2.00 bits per heavy atom. The molecule has 2 aromatic rings. The molecule has 3 heteroatoms. The minimum absolute atomic E-state index is 0.109. The van der Waals surface area contributed by atoms with Crippen LogP contribution in [-0.4, -0.2) is 18.3 Å². The molecule has 0 aliphatic heterocycles. The molecule has 2 rings (SSSR count). The van der Waals surface area contributed by atoms with Crippen molar-refractivity contribution in [2.45, 2.75) is 26.2 Å². The minimum Gasteiger partial charge on any atom is -0.508 e. The van der Waals surface area contributed by atoms with Crippen molar-refractivity contribution in [3.05, 3.63) is 54.1 Å². The first-order valence-corrected chi connectivity index (χ1v) is 7.10. The van der Waals surface area contributed by atoms with Gasteiger partial charge in [-0.05, 0) is 35.2 Å². The number of rotatable bonds is 5. The van der Waals surface area contributed by atoms with E-state index in [1.165, 1.54) is 5.56 Å². The van der Waals surface area contributed by atoms with E-state index >= 15 is 0 Å². The van der Waals surface area contributed by atoms with Crippen LogP contribution in [0.15, 0.2) is 48.5 Å². The van der Waals surface area contributed by atoms with Gasteiger partial charge in [0.1, 0.15) is 30.5 Å². The second-order valence-corrected chi connectivity index (χ2v) is 5.97. The third kappa shape index (κ3) is 4.71. The summed E-state index contributed by atoms with van der Waals surface area (Å²) in [4.78, 5) is 0. The van der Waals surface area contributed by atoms with Gasteiger partial charge in [-0.25, -0.2) is 0 Å². The molecule has 0 aromatic heterocycles. The summed E-state index contributed by atoms with van der Waals surface area (Å²) >= 11 is 0. The summed E-state index contributed by atoms with van der Waals surface area (Å²) in [7, 11) is 0. The molecule has 2 aromatic carbocycles. The third-order valence-electron chi connectivity index (χ3n) is 3.14. The largest absolute Gasteiger partial charge is 0.508 e. The third-order valence-corrected chi connectivity index (χ3v) is 3.14. The number of hydrogen-bond donors (Lipinski definition) is 1. The summed E-state index contributed by atoms with van der Waals surface area (Å²) in [6, 6.07) is 14.9. The van der Waals surface area contributed by atoms with E-state index in [1.807, 2.05) is 12.1 Å². The van der Waals surface area contributed by atoms with Crippen molar-refractivity contribution < 1.29 is 14.6 Å². The van der Waals surface area contributed by atoms with Crippen LogP contribution in [0.5, 0.6) is 17.2 Å². The van der Waals surface area contributed by atoms with Crippen molar-refractivity contribution >= 4 is 0 Å². The first-order chi connectivity index (χ1) is 9.95. The fourth-order valence-corrected chi connectivity index (χ4v) is 1.94. The fourth-order valence-electron chi connectivity index (χ4n) is 1.94. The highest BCUT2D eigenvalue weighted by molar-refractivity contribution is 5.33. The average molecular weight is 286 g/mol. The molecule has 0 fully saturated rings. The lowest BCUT2D eigenvalue weighted by molar-refractivity contribution is 0.216. The van der Waals surface area contributed by atoms with E-state index in [2.05, 4.69) is 32.9 Å². The lowest BCUT2D eigenvalue weighted by atomic mass is 9.87. The summed E-state index contributed by atoms with van der Waals surface area (Å²) in [6.07, 6.45) is 0. The van der Waals surface area contributed by atoms with E-state index in [0.29, 0.717) is 19.0 Å². The number of hydrogen-bond acceptors (Lipinski definition) is 3. The highest BCUT2D eigenvalue weighted by atomic mass is 16.5. The minimum atomic E-state index is 0.109. The van der Waals surface area contributed by atoms with E-state index in [0.717, 1.165) is 5.75 Å². The van der Waals surface area contributed by atoms with Crippen LogP contribution in [-0.2, 0) is 5.41 Å². The fraction of sp³-hybridized carbons (Fsp3) is 0.333. The molecule has 0 amide bonds. The van der Waals surface area contributed by atoms with Gasteiger partial charge in [0.05, 0.1) is 0 Å². The highest BCUT2D eigenvalue weighted by Crippen LogP contribution is 2.25. The highest BCUT2D eigenvalue weighted by Gasteiger charge is 2.13. The maximum Gasteiger partial charge on any atom is 0.123 e. The van der Waals surface area contributed by atoms with Crippen molar-refractivity contribution in [1.29, 1.82) is 0 Å². The van der Waals surface area contributed by atoms with Gasteiger partial charge in [0.2, 0.25) is 0 Å². The summed E-state index contributed by atoms with van der Waals surface area (Å²) in [5.41, 5.74) is 1.35. The average Bonchev–Trinajstić information content (AvgIpc) is 2.43. The Bertz CT molecular complexity index is 585. The molecule has 0 unspecified atom stereocenters. The molecule has 1 N–H and O–H groups in total. The predicted molar refractivity (Wildman–Crippen MR) is 84.2 cm³/mol. The lowest BCUT2D eigenvalue weighted by Crippen LogP contribution is -2.12. The van der Waals surface area contributed by atoms with Gasteiger partial charge in [-0.2, -0.15) is 0 Å². The zero-order chi connectivity index (χ0) is 15.3. The zero-order valence-corrected chi connectivity index (χ0v) is 12.8. The maximum atomic E-state index is 9.34. The Hall–Kier alpha value is -2.16. The first-order valence-electron chi connectivity index (χ1n) is 7.10. The molecular weight excluding hydrogens is 264 g/mol. The van der Waals surface area contributed by atoms with E-state index in [4.69, 9.17) is 9.47 Å². The number of phenols is 1. The van der Waals surface area contributed by atoms with Gasteiger partial charge < -0.3 is 14.6 Å². The van der Waals surface area contributed by atoms with E-state index in [1.54, 1.807) is 24.3 Å². The van der Waals surface area contributed by atoms with Gasteiger partial charge in [0.25, 0.3) is 0 Å². The van der Waals surface area contributed by atoms with Crippen molar-refractivity contribution in [3.8, 4) is 17.2 Å². The van der Waals surface area contributed by atoms with Crippen LogP contribution in [0, 0.1) is 0 Å². The van der Waals surface area contributed by atoms with E-state index < -0.39 is 0 Å². The number of benzene rings is 2. The van der Waals surface area contributed by atoms with E-state index in [-0.39, 0.29) is 11.2 Å². The predicted octanol–water partition coefficient (Wildman–Crippen LogP) is 4.15. The zero-order valence-electron chi connectivity index (χ0n) is 12.8. The molecule has 0 spiro atoms. The number of phenolic OH excluding ortho intramolecular Hbond substituents is 1.